The first-order chi connectivity index (χ1) is 9.66. The summed E-state index contributed by atoms with van der Waals surface area (Å²) in [4.78, 5) is 21.8. The van der Waals surface area contributed by atoms with Gasteiger partial charge in [0.25, 0.3) is 0 Å². The van der Waals surface area contributed by atoms with Crippen molar-refractivity contribution in [2.75, 3.05) is 6.54 Å². The summed E-state index contributed by atoms with van der Waals surface area (Å²) < 4.78 is 0. The highest BCUT2D eigenvalue weighted by Crippen LogP contribution is 2.07. The average Bonchev–Trinajstić information content (AvgIpc) is 2.41. The molecule has 0 atom stereocenters. The lowest BCUT2D eigenvalue weighted by molar-refractivity contribution is -0.137. The maximum absolute atomic E-state index is 11.5. The Morgan fingerprint density at radius 3 is 2.00 bits per heavy atom. The Balaban J connectivity index is 3.18. The minimum Gasteiger partial charge on any atom is -0.481 e. The van der Waals surface area contributed by atoms with E-state index in [2.05, 4.69) is 12.2 Å². The van der Waals surface area contributed by atoms with E-state index in [1.165, 1.54) is 25.7 Å². The van der Waals surface area contributed by atoms with Crippen LogP contribution in [0.3, 0.4) is 0 Å². The number of carboxylic acid groups (broad SMARTS) is 1. The molecule has 0 saturated carbocycles. The summed E-state index contributed by atoms with van der Waals surface area (Å²) in [5.74, 6) is -0.566. The van der Waals surface area contributed by atoms with Gasteiger partial charge in [-0.1, -0.05) is 51.9 Å². The Bertz CT molecular complexity index is 254. The first-order valence-electron chi connectivity index (χ1n) is 8.15. The molecule has 0 saturated heterocycles. The van der Waals surface area contributed by atoms with Gasteiger partial charge in [-0.25, -0.2) is 0 Å². The molecule has 118 valence electrons. The second kappa shape index (κ2) is 14.4. The smallest absolute Gasteiger partial charge is 0.303 e. The van der Waals surface area contributed by atoms with Crippen LogP contribution in [0.15, 0.2) is 0 Å². The third-order valence-corrected chi connectivity index (χ3v) is 3.40. The molecule has 20 heavy (non-hydrogen) atoms. The highest BCUT2D eigenvalue weighted by atomic mass is 16.4. The summed E-state index contributed by atoms with van der Waals surface area (Å²) in [5.41, 5.74) is 0. The van der Waals surface area contributed by atoms with Gasteiger partial charge in [-0.3, -0.25) is 9.59 Å². The van der Waals surface area contributed by atoms with Crippen molar-refractivity contribution in [1.82, 2.24) is 5.32 Å². The molecule has 0 heterocycles. The zero-order valence-electron chi connectivity index (χ0n) is 13.0. The monoisotopic (exact) mass is 285 g/mol. The zero-order chi connectivity index (χ0) is 15.1. The Hall–Kier alpha value is -1.06. The van der Waals surface area contributed by atoms with Gasteiger partial charge in [0, 0.05) is 19.4 Å². The van der Waals surface area contributed by atoms with Crippen LogP contribution >= 0.6 is 0 Å². The van der Waals surface area contributed by atoms with Gasteiger partial charge >= 0.3 is 5.97 Å². The van der Waals surface area contributed by atoms with Gasteiger partial charge in [-0.15, -0.1) is 0 Å². The highest BCUT2D eigenvalue weighted by molar-refractivity contribution is 5.75. The van der Waals surface area contributed by atoms with Crippen LogP contribution in [0.5, 0.6) is 0 Å². The standard InChI is InChI=1S/C16H31NO3/c1-2-3-4-5-6-9-12-15(18)17-14-11-8-7-10-13-16(19)20/h2-14H2,1H3,(H,17,18)(H,19,20). The number of carbonyl (C=O) groups is 2. The van der Waals surface area contributed by atoms with Crippen LogP contribution in [0.2, 0.25) is 0 Å². The van der Waals surface area contributed by atoms with Crippen molar-refractivity contribution in [3.05, 3.63) is 0 Å². The number of rotatable bonds is 14. The molecule has 0 aliphatic heterocycles. The molecule has 0 aliphatic rings. The van der Waals surface area contributed by atoms with Crippen molar-refractivity contribution in [3.63, 3.8) is 0 Å². The number of aliphatic carboxylic acids is 1. The molecule has 0 bridgehead atoms. The average molecular weight is 285 g/mol. The number of amides is 1. The molecule has 2 N–H and O–H groups in total. The van der Waals surface area contributed by atoms with Crippen LogP contribution in [0.1, 0.15) is 84.0 Å². The number of carbonyl (C=O) groups excluding carboxylic acids is 1. The van der Waals surface area contributed by atoms with Crippen LogP contribution in [0, 0.1) is 0 Å². The summed E-state index contributed by atoms with van der Waals surface area (Å²) in [6.45, 7) is 2.93. The minimum atomic E-state index is -0.725. The lowest BCUT2D eigenvalue weighted by atomic mass is 10.1. The van der Waals surface area contributed by atoms with Crippen molar-refractivity contribution in [2.24, 2.45) is 0 Å². The lowest BCUT2D eigenvalue weighted by Gasteiger charge is -2.05. The van der Waals surface area contributed by atoms with E-state index in [0.717, 1.165) is 45.1 Å². The summed E-state index contributed by atoms with van der Waals surface area (Å²) in [7, 11) is 0. The molecule has 4 heteroatoms. The van der Waals surface area contributed by atoms with Gasteiger partial charge in [0.15, 0.2) is 0 Å². The Labute approximate surface area is 123 Å². The molecule has 0 radical (unpaired) electrons. The SMILES string of the molecule is CCCCCCCCC(=O)NCCCCCCC(=O)O. The predicted octanol–water partition coefficient (Wildman–Crippen LogP) is 3.89. The molecule has 1 amide bonds. The number of hydrogen-bond acceptors (Lipinski definition) is 2. The zero-order valence-corrected chi connectivity index (χ0v) is 13.0. The fourth-order valence-electron chi connectivity index (χ4n) is 2.14. The molecule has 0 unspecified atom stereocenters. The van der Waals surface area contributed by atoms with Gasteiger partial charge in [-0.2, -0.15) is 0 Å². The topological polar surface area (TPSA) is 66.4 Å². The summed E-state index contributed by atoms with van der Waals surface area (Å²) in [6.07, 6.45) is 11.7. The van der Waals surface area contributed by atoms with E-state index in [9.17, 15) is 9.59 Å². The first kappa shape index (κ1) is 18.9. The van der Waals surface area contributed by atoms with Crippen molar-refractivity contribution in [1.29, 1.82) is 0 Å². The molecule has 0 aromatic rings. The highest BCUT2D eigenvalue weighted by Gasteiger charge is 2.01. The molecule has 0 fully saturated rings. The van der Waals surface area contributed by atoms with Crippen LogP contribution in [0.25, 0.3) is 0 Å². The normalized spacial score (nSPS) is 10.4. The van der Waals surface area contributed by atoms with E-state index in [1.807, 2.05) is 0 Å². The van der Waals surface area contributed by atoms with E-state index in [0.29, 0.717) is 6.42 Å². The number of carboxylic acids is 1. The molecule has 0 aromatic heterocycles. The molecule has 0 aliphatic carbocycles. The third kappa shape index (κ3) is 15.0. The summed E-state index contributed by atoms with van der Waals surface area (Å²) in [5, 5.41) is 11.4. The molecule has 0 spiro atoms. The quantitative estimate of drug-likeness (QED) is 0.476. The fourth-order valence-corrected chi connectivity index (χ4v) is 2.14. The van der Waals surface area contributed by atoms with Gasteiger partial charge < -0.3 is 10.4 Å². The molecular formula is C16H31NO3. The Morgan fingerprint density at radius 2 is 1.35 bits per heavy atom. The lowest BCUT2D eigenvalue weighted by Crippen LogP contribution is -2.23. The fraction of sp³-hybridized carbons (Fsp3) is 0.875. The van der Waals surface area contributed by atoms with E-state index in [-0.39, 0.29) is 12.3 Å². The van der Waals surface area contributed by atoms with E-state index in [4.69, 9.17) is 5.11 Å². The van der Waals surface area contributed by atoms with Crippen molar-refractivity contribution in [2.45, 2.75) is 84.0 Å². The van der Waals surface area contributed by atoms with Crippen molar-refractivity contribution in [3.8, 4) is 0 Å². The van der Waals surface area contributed by atoms with Crippen LogP contribution in [0.4, 0.5) is 0 Å². The van der Waals surface area contributed by atoms with Crippen molar-refractivity contribution < 1.29 is 14.7 Å². The van der Waals surface area contributed by atoms with E-state index >= 15 is 0 Å². The molecular weight excluding hydrogens is 254 g/mol. The molecule has 0 rings (SSSR count). The minimum absolute atomic E-state index is 0.158. The maximum Gasteiger partial charge on any atom is 0.303 e. The summed E-state index contributed by atoms with van der Waals surface area (Å²) in [6, 6.07) is 0. The number of hydrogen-bond donors (Lipinski definition) is 2. The first-order valence-corrected chi connectivity index (χ1v) is 8.15. The van der Waals surface area contributed by atoms with Crippen molar-refractivity contribution >= 4 is 11.9 Å². The molecule has 0 aromatic carbocycles. The van der Waals surface area contributed by atoms with Crippen LogP contribution in [-0.2, 0) is 9.59 Å². The second-order valence-corrected chi connectivity index (χ2v) is 5.43. The summed E-state index contributed by atoms with van der Waals surface area (Å²) >= 11 is 0. The van der Waals surface area contributed by atoms with Gasteiger partial charge in [-0.05, 0) is 19.3 Å². The maximum atomic E-state index is 11.5. The Kier molecular flexibility index (Phi) is 13.6. The predicted molar refractivity (Wildman–Crippen MR) is 81.7 cm³/mol. The number of nitrogens with one attached hydrogen (secondary N) is 1. The number of unbranched alkanes of at least 4 members (excludes halogenated alkanes) is 8. The van der Waals surface area contributed by atoms with Crippen LogP contribution < -0.4 is 5.32 Å². The molecule has 4 nitrogen and oxygen atoms in total. The van der Waals surface area contributed by atoms with Gasteiger partial charge in [0.05, 0.1) is 0 Å². The van der Waals surface area contributed by atoms with Crippen LogP contribution in [-0.4, -0.2) is 23.5 Å². The van der Waals surface area contributed by atoms with Gasteiger partial charge in [0.1, 0.15) is 0 Å². The van der Waals surface area contributed by atoms with E-state index < -0.39 is 5.97 Å². The largest absolute Gasteiger partial charge is 0.481 e. The Morgan fingerprint density at radius 1 is 0.800 bits per heavy atom. The van der Waals surface area contributed by atoms with Gasteiger partial charge in [0.2, 0.25) is 5.91 Å². The third-order valence-electron chi connectivity index (χ3n) is 3.40. The second-order valence-electron chi connectivity index (χ2n) is 5.43. The van der Waals surface area contributed by atoms with E-state index in [1.54, 1.807) is 0 Å².